The second-order valence-electron chi connectivity index (χ2n) is 12.4. The van der Waals surface area contributed by atoms with Gasteiger partial charge in [0.1, 0.15) is 5.69 Å². The highest BCUT2D eigenvalue weighted by molar-refractivity contribution is 7.26. The fourth-order valence-electron chi connectivity index (χ4n) is 6.78. The molecular weight excluding hydrogens is 573 g/mol. The maximum absolute atomic E-state index is 13.7. The molecule has 0 amide bonds. The minimum Gasteiger partial charge on any atom is -0.225 e. The van der Waals surface area contributed by atoms with Gasteiger partial charge in [-0.05, 0) is 60.0 Å². The Balaban J connectivity index is 1.71. The largest absolute Gasteiger partial charge is 0.416 e. The lowest BCUT2D eigenvalue weighted by Crippen LogP contribution is -2.36. The van der Waals surface area contributed by atoms with E-state index in [1.54, 1.807) is 6.07 Å². The third-order valence-corrected chi connectivity index (χ3v) is 10.1. The molecule has 0 radical (unpaired) electrons. The van der Waals surface area contributed by atoms with Gasteiger partial charge in [-0.1, -0.05) is 82.3 Å². The highest BCUT2D eigenvalue weighted by Crippen LogP contribution is 2.44. The number of aromatic nitrogens is 2. The summed E-state index contributed by atoms with van der Waals surface area (Å²) in [6.45, 7) is 11.1. The van der Waals surface area contributed by atoms with Crippen molar-refractivity contribution in [2.75, 3.05) is 0 Å². The molecule has 0 aliphatic rings. The number of rotatable bonds is 4. The van der Waals surface area contributed by atoms with E-state index >= 15 is 0 Å². The zero-order valence-electron chi connectivity index (χ0n) is 25.7. The summed E-state index contributed by atoms with van der Waals surface area (Å²) >= 11 is 1.45. The molecule has 7 rings (SSSR count). The second kappa shape index (κ2) is 10.2. The lowest BCUT2D eigenvalue weighted by molar-refractivity contribution is -0.556. The lowest BCUT2D eigenvalue weighted by Gasteiger charge is -2.19. The van der Waals surface area contributed by atoms with Crippen molar-refractivity contribution in [2.45, 2.75) is 52.6 Å². The normalized spacial score (nSPS) is 12.6. The summed E-state index contributed by atoms with van der Waals surface area (Å²) in [5.41, 5.74) is 7.46. The van der Waals surface area contributed by atoms with E-state index in [1.807, 2.05) is 0 Å². The van der Waals surface area contributed by atoms with Crippen molar-refractivity contribution >= 4 is 53.3 Å². The second-order valence-corrected chi connectivity index (χ2v) is 13.5. The van der Waals surface area contributed by atoms with E-state index in [0.717, 1.165) is 54.2 Å². The molecule has 0 N–H and O–H groups in total. The van der Waals surface area contributed by atoms with E-state index in [1.165, 1.54) is 40.3 Å². The first-order valence-electron chi connectivity index (χ1n) is 15.1. The molecule has 0 aliphatic heterocycles. The number of nitrogens with zero attached hydrogens (tertiary/aromatic N) is 2. The Morgan fingerprint density at radius 2 is 1.43 bits per heavy atom. The summed E-state index contributed by atoms with van der Waals surface area (Å²) in [6, 6.07) is 27.8. The van der Waals surface area contributed by atoms with Crippen LogP contribution >= 0.6 is 11.3 Å². The van der Waals surface area contributed by atoms with Crippen LogP contribution in [0.1, 0.15) is 61.8 Å². The summed E-state index contributed by atoms with van der Waals surface area (Å²) in [5.74, 6) is 1.57. The summed E-state index contributed by atoms with van der Waals surface area (Å²) in [4.78, 5) is 0. The number of para-hydroxylation sites is 1. The first kappa shape index (κ1) is 28.6. The summed E-state index contributed by atoms with van der Waals surface area (Å²) in [6.07, 6.45) is -4.39. The Morgan fingerprint density at radius 3 is 2.11 bits per heavy atom. The van der Waals surface area contributed by atoms with Crippen LogP contribution in [0, 0.1) is 6.92 Å². The maximum atomic E-state index is 13.7. The van der Waals surface area contributed by atoms with Crippen LogP contribution < -0.4 is 4.57 Å². The van der Waals surface area contributed by atoms with Gasteiger partial charge in [-0.2, -0.15) is 17.7 Å². The summed E-state index contributed by atoms with van der Waals surface area (Å²) in [5, 5.41) is 4.15. The number of benzene rings is 5. The Morgan fingerprint density at radius 1 is 0.750 bits per heavy atom. The van der Waals surface area contributed by atoms with Crippen LogP contribution in [0.3, 0.4) is 0 Å². The molecule has 0 bridgehead atoms. The van der Waals surface area contributed by atoms with Gasteiger partial charge in [-0.3, -0.25) is 0 Å². The lowest BCUT2D eigenvalue weighted by atomic mass is 9.92. The number of hydrogen-bond acceptors (Lipinski definition) is 1. The third kappa shape index (κ3) is 4.26. The topological polar surface area (TPSA) is 8.81 Å². The van der Waals surface area contributed by atoms with E-state index in [2.05, 4.69) is 118 Å². The quantitative estimate of drug-likeness (QED) is 0.176. The molecule has 222 valence electrons. The van der Waals surface area contributed by atoms with Crippen LogP contribution in [0.25, 0.3) is 59.1 Å². The minimum atomic E-state index is -4.39. The zero-order valence-corrected chi connectivity index (χ0v) is 26.5. The molecule has 0 atom stereocenters. The summed E-state index contributed by atoms with van der Waals surface area (Å²) in [7, 11) is 2.11. The van der Waals surface area contributed by atoms with Crippen LogP contribution in [0.4, 0.5) is 13.2 Å². The third-order valence-electron chi connectivity index (χ3n) is 8.96. The van der Waals surface area contributed by atoms with E-state index in [0.29, 0.717) is 4.70 Å². The Kier molecular flexibility index (Phi) is 6.63. The predicted molar refractivity (Wildman–Crippen MR) is 178 cm³/mol. The van der Waals surface area contributed by atoms with Crippen LogP contribution in [-0.2, 0) is 13.2 Å². The number of thiophene rings is 1. The molecule has 0 saturated heterocycles. The molecule has 5 aromatic carbocycles. The minimum absolute atomic E-state index is 0.274. The van der Waals surface area contributed by atoms with Crippen molar-refractivity contribution in [1.82, 2.24) is 4.57 Å². The average molecular weight is 608 g/mol. The van der Waals surface area contributed by atoms with Crippen molar-refractivity contribution in [1.29, 1.82) is 0 Å². The van der Waals surface area contributed by atoms with Gasteiger partial charge in [-0.25, -0.2) is 4.57 Å². The van der Waals surface area contributed by atoms with Crippen LogP contribution in [0.2, 0.25) is 0 Å². The van der Waals surface area contributed by atoms with Crippen molar-refractivity contribution in [3.63, 3.8) is 0 Å². The molecule has 0 fully saturated rings. The highest BCUT2D eigenvalue weighted by atomic mass is 32.1. The molecule has 44 heavy (non-hydrogen) atoms. The molecule has 2 nitrogen and oxygen atoms in total. The monoisotopic (exact) mass is 607 g/mol. The SMILES string of the molecule is Cc1ccc2c(sc3cc(C(F)(F)F)ccc32)c1-c1n(C)c2ccc3ccccc3c2[n+]1-c1c(C(C)C)cccc1C(C)C. The van der Waals surface area contributed by atoms with Gasteiger partial charge in [0.25, 0.3) is 5.82 Å². The van der Waals surface area contributed by atoms with Gasteiger partial charge in [0.05, 0.1) is 22.9 Å². The van der Waals surface area contributed by atoms with Crippen LogP contribution in [-0.4, -0.2) is 4.57 Å². The molecule has 0 spiro atoms. The first-order chi connectivity index (χ1) is 21.0. The van der Waals surface area contributed by atoms with Crippen molar-refractivity contribution in [2.24, 2.45) is 7.05 Å². The highest BCUT2D eigenvalue weighted by Gasteiger charge is 2.35. The van der Waals surface area contributed by atoms with Crippen LogP contribution in [0.15, 0.2) is 84.9 Å². The van der Waals surface area contributed by atoms with Gasteiger partial charge in [0, 0.05) is 32.0 Å². The van der Waals surface area contributed by atoms with Crippen molar-refractivity contribution in [3.8, 4) is 17.1 Å². The molecular formula is C38H34F3N2S+. The molecule has 0 aliphatic carbocycles. The predicted octanol–water partition coefficient (Wildman–Crippen LogP) is 11.2. The number of hydrogen-bond donors (Lipinski definition) is 0. The van der Waals surface area contributed by atoms with E-state index in [4.69, 9.17) is 0 Å². The van der Waals surface area contributed by atoms with Gasteiger partial charge >= 0.3 is 6.18 Å². The first-order valence-corrected chi connectivity index (χ1v) is 15.9. The zero-order chi connectivity index (χ0) is 31.1. The van der Waals surface area contributed by atoms with Gasteiger partial charge in [0.15, 0.2) is 11.0 Å². The molecule has 0 saturated carbocycles. The van der Waals surface area contributed by atoms with E-state index < -0.39 is 11.7 Å². The molecule has 7 aromatic rings. The number of aryl methyl sites for hydroxylation is 2. The number of imidazole rings is 1. The van der Waals surface area contributed by atoms with Gasteiger partial charge < -0.3 is 0 Å². The maximum Gasteiger partial charge on any atom is 0.416 e. The van der Waals surface area contributed by atoms with Crippen LogP contribution in [0.5, 0.6) is 0 Å². The average Bonchev–Trinajstić information content (AvgIpc) is 3.50. The van der Waals surface area contributed by atoms with Gasteiger partial charge in [0.2, 0.25) is 0 Å². The number of alkyl halides is 3. The van der Waals surface area contributed by atoms with Crippen molar-refractivity contribution in [3.05, 3.63) is 107 Å². The number of halogens is 3. The molecule has 2 aromatic heterocycles. The molecule has 2 heterocycles. The Bertz CT molecular complexity index is 2220. The Labute approximate surface area is 259 Å². The smallest absolute Gasteiger partial charge is 0.225 e. The van der Waals surface area contributed by atoms with E-state index in [-0.39, 0.29) is 11.8 Å². The fraction of sp³-hybridized carbons (Fsp3) is 0.237. The number of fused-ring (bicyclic) bond motifs is 6. The Hall–Kier alpha value is -4.16. The molecule has 0 unspecified atom stereocenters. The van der Waals surface area contributed by atoms with E-state index in [9.17, 15) is 13.2 Å². The van der Waals surface area contributed by atoms with Gasteiger partial charge in [-0.15, -0.1) is 11.3 Å². The van der Waals surface area contributed by atoms with Crippen molar-refractivity contribution < 1.29 is 17.7 Å². The standard InChI is InChI=1S/C38H34F3N2S/c1-21(2)26-12-9-13-27(22(3)4)34(26)43-35-28-11-8-7-10-24(28)15-19-31(35)42(6)37(43)33-23(5)14-17-30-29-18-16-25(38(39,40)41)20-32(29)44-36(30)33/h7-22H,1-6H3/q+1. The fourth-order valence-corrected chi connectivity index (χ4v) is 8.12. The molecule has 6 heteroatoms. The summed E-state index contributed by atoms with van der Waals surface area (Å²) < 4.78 is 47.5.